The lowest BCUT2D eigenvalue weighted by molar-refractivity contribution is 0.0899. The molecule has 3 aromatic carbocycles. The standard InChI is InChI=1S/C32H38ClN3O2Si/c1-32(2,3)39(25-10-6-4-7-11-25,26-12-8-5-9-13-26)38-21-22-14-16-29(27(34)18-22)36-31(37)30-20-23-19-24(33)15-17-28(23)35-30/h4-13,15,17,19-20,22,27,29,35H,14,16,18,21,34H2,1-3H3,(H,36,37)/t22?,27-,29+/m0/s1. The van der Waals surface area contributed by atoms with Gasteiger partial charge in [0.15, 0.2) is 0 Å². The molecule has 4 N–H and O–H groups in total. The van der Waals surface area contributed by atoms with Crippen molar-refractivity contribution >= 4 is 47.1 Å². The number of hydrogen-bond acceptors (Lipinski definition) is 3. The highest BCUT2D eigenvalue weighted by Gasteiger charge is 2.50. The van der Waals surface area contributed by atoms with Crippen LogP contribution in [0, 0.1) is 5.92 Å². The highest BCUT2D eigenvalue weighted by Crippen LogP contribution is 2.38. The summed E-state index contributed by atoms with van der Waals surface area (Å²) >= 11 is 6.11. The minimum absolute atomic E-state index is 0.0627. The second-order valence-corrected chi connectivity index (χ2v) is 16.6. The van der Waals surface area contributed by atoms with Gasteiger partial charge in [-0.25, -0.2) is 0 Å². The monoisotopic (exact) mass is 559 g/mol. The van der Waals surface area contributed by atoms with E-state index < -0.39 is 8.32 Å². The molecule has 0 spiro atoms. The maximum absolute atomic E-state index is 13.0. The second kappa shape index (κ2) is 11.3. The molecule has 7 heteroatoms. The minimum Gasteiger partial charge on any atom is -0.407 e. The first kappa shape index (κ1) is 27.7. The molecule has 1 unspecified atom stereocenters. The van der Waals surface area contributed by atoms with Gasteiger partial charge in [-0.2, -0.15) is 0 Å². The van der Waals surface area contributed by atoms with Gasteiger partial charge in [0.2, 0.25) is 0 Å². The Morgan fingerprint density at radius 2 is 1.64 bits per heavy atom. The molecule has 3 atom stereocenters. The molecule has 1 heterocycles. The lowest BCUT2D eigenvalue weighted by Crippen LogP contribution is -2.67. The first-order valence-corrected chi connectivity index (χ1v) is 16.1. The number of nitrogens with two attached hydrogens (primary N) is 1. The summed E-state index contributed by atoms with van der Waals surface area (Å²) in [6.07, 6.45) is 2.60. The molecule has 1 fully saturated rings. The van der Waals surface area contributed by atoms with Crippen LogP contribution in [0.15, 0.2) is 84.9 Å². The van der Waals surface area contributed by atoms with Gasteiger partial charge in [-0.15, -0.1) is 0 Å². The van der Waals surface area contributed by atoms with Crippen LogP contribution in [0.5, 0.6) is 0 Å². The zero-order valence-electron chi connectivity index (χ0n) is 22.9. The van der Waals surface area contributed by atoms with E-state index in [1.807, 2.05) is 24.3 Å². The van der Waals surface area contributed by atoms with Crippen LogP contribution in [0.3, 0.4) is 0 Å². The van der Waals surface area contributed by atoms with Gasteiger partial charge in [-0.1, -0.05) is 93.0 Å². The first-order chi connectivity index (χ1) is 18.7. The molecule has 1 aliphatic rings. The third-order valence-electron chi connectivity index (χ3n) is 8.10. The summed E-state index contributed by atoms with van der Waals surface area (Å²) in [7, 11) is -2.59. The average Bonchev–Trinajstić information content (AvgIpc) is 3.34. The molecule has 1 aromatic heterocycles. The quantitative estimate of drug-likeness (QED) is 0.257. The molecule has 39 heavy (non-hydrogen) atoms. The fraction of sp³-hybridized carbons (Fsp3) is 0.344. The molecule has 0 aliphatic heterocycles. The number of carbonyl (C=O) groups is 1. The number of aromatic nitrogens is 1. The van der Waals surface area contributed by atoms with E-state index >= 15 is 0 Å². The third-order valence-corrected chi connectivity index (χ3v) is 13.3. The van der Waals surface area contributed by atoms with Crippen molar-refractivity contribution in [2.75, 3.05) is 6.61 Å². The Kier molecular flexibility index (Phi) is 8.01. The van der Waals surface area contributed by atoms with Gasteiger partial charge in [0, 0.05) is 34.6 Å². The second-order valence-electron chi connectivity index (χ2n) is 11.8. The van der Waals surface area contributed by atoms with Crippen LogP contribution in [0.4, 0.5) is 0 Å². The van der Waals surface area contributed by atoms with Gasteiger partial charge < -0.3 is 20.5 Å². The average molecular weight is 560 g/mol. The van der Waals surface area contributed by atoms with Crippen molar-refractivity contribution in [2.45, 2.75) is 57.2 Å². The van der Waals surface area contributed by atoms with Crippen LogP contribution >= 0.6 is 11.6 Å². The Bertz CT molecular complexity index is 1380. The Hall–Kier alpha value is -2.90. The van der Waals surface area contributed by atoms with E-state index in [2.05, 4.69) is 91.7 Å². The third kappa shape index (κ3) is 5.70. The molecular weight excluding hydrogens is 522 g/mol. The van der Waals surface area contributed by atoms with Crippen LogP contribution in [0.2, 0.25) is 10.1 Å². The van der Waals surface area contributed by atoms with Crippen molar-refractivity contribution in [3.05, 3.63) is 95.6 Å². The maximum Gasteiger partial charge on any atom is 0.268 e. The van der Waals surface area contributed by atoms with Crippen molar-refractivity contribution in [2.24, 2.45) is 11.7 Å². The number of H-pyrrole nitrogens is 1. The van der Waals surface area contributed by atoms with Crippen LogP contribution in [0.1, 0.15) is 50.5 Å². The van der Waals surface area contributed by atoms with E-state index in [-0.39, 0.29) is 23.0 Å². The summed E-state index contributed by atoms with van der Waals surface area (Å²) in [5.41, 5.74) is 8.06. The van der Waals surface area contributed by atoms with Crippen LogP contribution < -0.4 is 21.4 Å². The lowest BCUT2D eigenvalue weighted by Gasteiger charge is -2.44. The van der Waals surface area contributed by atoms with Crippen LogP contribution in [0.25, 0.3) is 10.9 Å². The molecule has 5 nitrogen and oxygen atoms in total. The SMILES string of the molecule is CC(C)(C)[Si](OCC1CC[C@@H](NC(=O)c2cc3cc(Cl)ccc3[nH]2)[C@@H](N)C1)(c1ccccc1)c1ccccc1. The Morgan fingerprint density at radius 3 is 2.23 bits per heavy atom. The minimum atomic E-state index is -2.59. The van der Waals surface area contributed by atoms with E-state index in [0.717, 1.165) is 30.2 Å². The number of carbonyl (C=O) groups excluding carboxylic acids is 1. The Morgan fingerprint density at radius 1 is 1.00 bits per heavy atom. The molecular formula is C32H38ClN3O2Si. The fourth-order valence-corrected chi connectivity index (χ4v) is 10.9. The molecule has 5 rings (SSSR count). The lowest BCUT2D eigenvalue weighted by atomic mass is 9.83. The Balaban J connectivity index is 1.28. The van der Waals surface area contributed by atoms with E-state index in [4.69, 9.17) is 21.8 Å². The molecule has 1 amide bonds. The normalized spacial score (nSPS) is 20.2. The summed E-state index contributed by atoms with van der Waals surface area (Å²) in [5.74, 6) is 0.204. The number of rotatable bonds is 7. The van der Waals surface area contributed by atoms with Gasteiger partial charge in [0.1, 0.15) is 5.69 Å². The Labute approximate surface area is 237 Å². The number of nitrogens with one attached hydrogen (secondary N) is 2. The van der Waals surface area contributed by atoms with E-state index in [9.17, 15) is 4.79 Å². The van der Waals surface area contributed by atoms with Gasteiger partial charge in [-0.05, 0) is 64.9 Å². The smallest absolute Gasteiger partial charge is 0.268 e. The fourth-order valence-electron chi connectivity index (χ4n) is 6.10. The van der Waals surface area contributed by atoms with E-state index in [1.165, 1.54) is 10.4 Å². The predicted octanol–water partition coefficient (Wildman–Crippen LogP) is 5.62. The van der Waals surface area contributed by atoms with Gasteiger partial charge in [0.25, 0.3) is 14.2 Å². The molecule has 1 aliphatic carbocycles. The maximum atomic E-state index is 13.0. The van der Waals surface area contributed by atoms with Crippen LogP contribution in [-0.2, 0) is 4.43 Å². The zero-order chi connectivity index (χ0) is 27.6. The van der Waals surface area contributed by atoms with Crippen molar-refractivity contribution in [3.8, 4) is 0 Å². The number of benzene rings is 3. The molecule has 1 saturated carbocycles. The van der Waals surface area contributed by atoms with Gasteiger partial charge in [0.05, 0.1) is 0 Å². The zero-order valence-corrected chi connectivity index (χ0v) is 24.7. The topological polar surface area (TPSA) is 80.1 Å². The van der Waals surface area contributed by atoms with Crippen molar-refractivity contribution in [1.29, 1.82) is 0 Å². The summed E-state index contributed by atoms with van der Waals surface area (Å²) in [6.45, 7) is 7.56. The number of fused-ring (bicyclic) bond motifs is 1. The summed E-state index contributed by atoms with van der Waals surface area (Å²) < 4.78 is 7.16. The van der Waals surface area contributed by atoms with E-state index in [0.29, 0.717) is 23.2 Å². The number of aromatic amines is 1. The van der Waals surface area contributed by atoms with E-state index in [1.54, 1.807) is 0 Å². The highest BCUT2D eigenvalue weighted by molar-refractivity contribution is 6.99. The predicted molar refractivity (Wildman–Crippen MR) is 163 cm³/mol. The van der Waals surface area contributed by atoms with Gasteiger partial charge >= 0.3 is 0 Å². The molecule has 4 aromatic rings. The largest absolute Gasteiger partial charge is 0.407 e. The summed E-state index contributed by atoms with van der Waals surface area (Å²) in [5, 5.41) is 7.24. The van der Waals surface area contributed by atoms with Crippen molar-refractivity contribution in [1.82, 2.24) is 10.3 Å². The molecule has 0 radical (unpaired) electrons. The summed E-state index contributed by atoms with van der Waals surface area (Å²) in [4.78, 5) is 16.2. The van der Waals surface area contributed by atoms with Crippen LogP contribution in [-0.4, -0.2) is 37.9 Å². The molecule has 0 saturated heterocycles. The molecule has 0 bridgehead atoms. The number of amides is 1. The number of halogens is 1. The first-order valence-electron chi connectivity index (χ1n) is 13.8. The van der Waals surface area contributed by atoms with Crippen molar-refractivity contribution in [3.63, 3.8) is 0 Å². The summed E-state index contributed by atoms with van der Waals surface area (Å²) in [6, 6.07) is 28.7. The molecule has 204 valence electrons. The number of hydrogen-bond donors (Lipinski definition) is 3. The van der Waals surface area contributed by atoms with Crippen molar-refractivity contribution < 1.29 is 9.22 Å². The highest BCUT2D eigenvalue weighted by atomic mass is 35.5. The van der Waals surface area contributed by atoms with Gasteiger partial charge in [-0.3, -0.25) is 4.79 Å².